The van der Waals surface area contributed by atoms with Crippen molar-refractivity contribution < 1.29 is 23.1 Å². The van der Waals surface area contributed by atoms with Gasteiger partial charge < -0.3 is 25.6 Å². The van der Waals surface area contributed by atoms with Crippen LogP contribution in [-0.2, 0) is 4.79 Å². The normalized spacial score (nSPS) is 18.7. The molecule has 6 rings (SSSR count). The molecule has 2 aromatic carbocycles. The van der Waals surface area contributed by atoms with Gasteiger partial charge in [-0.05, 0) is 67.8 Å². The van der Waals surface area contributed by atoms with Crippen molar-refractivity contribution in [2.75, 3.05) is 31.5 Å². The quantitative estimate of drug-likeness (QED) is 0.341. The van der Waals surface area contributed by atoms with Gasteiger partial charge in [0.25, 0.3) is 5.91 Å². The van der Waals surface area contributed by atoms with E-state index in [1.807, 2.05) is 28.4 Å². The number of imidazole rings is 1. The lowest BCUT2D eigenvalue weighted by Crippen LogP contribution is -2.54. The Morgan fingerprint density at radius 2 is 1.74 bits per heavy atom. The fourth-order valence-corrected chi connectivity index (χ4v) is 5.57. The highest BCUT2D eigenvalue weighted by atomic mass is 19.3. The number of nitrogens with one attached hydrogen (secondary N) is 1. The zero-order chi connectivity index (χ0) is 29.4. The summed E-state index contributed by atoms with van der Waals surface area (Å²) in [4.78, 5) is 38.6. The number of hydrogen-bond acceptors (Lipinski definition) is 7. The van der Waals surface area contributed by atoms with Crippen LogP contribution in [0, 0.1) is 12.8 Å². The van der Waals surface area contributed by atoms with E-state index in [0.717, 1.165) is 35.3 Å². The first kappa shape index (κ1) is 27.6. The molecule has 10 nitrogen and oxygen atoms in total. The third-order valence-electron chi connectivity index (χ3n) is 7.93. The Morgan fingerprint density at radius 3 is 2.40 bits per heavy atom. The van der Waals surface area contributed by atoms with E-state index in [4.69, 9.17) is 5.73 Å². The molecule has 1 saturated heterocycles. The highest BCUT2D eigenvalue weighted by Crippen LogP contribution is 2.29. The summed E-state index contributed by atoms with van der Waals surface area (Å²) in [5, 5.41) is 3.30. The summed E-state index contributed by atoms with van der Waals surface area (Å²) in [5.41, 5.74) is 10.1. The lowest BCUT2D eigenvalue weighted by molar-refractivity contribution is -0.140. The van der Waals surface area contributed by atoms with Crippen LogP contribution in [0.1, 0.15) is 28.8 Å². The van der Waals surface area contributed by atoms with Crippen molar-refractivity contribution in [2.45, 2.75) is 32.4 Å². The largest absolute Gasteiger partial charge is 0.435 e. The molecular formula is C30H31F2N7O3. The standard InChI is InChI=1S/C30H31F2N7O3/c1-18-14-22(4-7-24(18)29(41)38-12-10-37(11-13-38)28(40)20-15-21(33)16-20)36-26-27-35-17-25(39(27)9-8-34-26)19-2-5-23(6-3-19)42-30(31)32/h2-9,14,17,20-21,30H,10-13,15-16,33H2,1H3,(H,34,36)/t20-,21+. The number of hydrogen-bond donors (Lipinski definition) is 2. The van der Waals surface area contributed by atoms with Crippen LogP contribution < -0.4 is 15.8 Å². The number of nitrogens with two attached hydrogens (primary N) is 1. The predicted octanol–water partition coefficient (Wildman–Crippen LogP) is 4.07. The third kappa shape index (κ3) is 5.49. The van der Waals surface area contributed by atoms with Gasteiger partial charge in [-0.15, -0.1) is 0 Å². The van der Waals surface area contributed by atoms with Gasteiger partial charge in [0.15, 0.2) is 11.5 Å². The highest BCUT2D eigenvalue weighted by Gasteiger charge is 2.36. The molecule has 4 aromatic rings. The van der Waals surface area contributed by atoms with Gasteiger partial charge in [-0.1, -0.05) is 0 Å². The molecule has 0 radical (unpaired) electrons. The number of carbonyl (C=O) groups is 2. The molecule has 218 valence electrons. The minimum Gasteiger partial charge on any atom is -0.435 e. The molecule has 12 heteroatoms. The SMILES string of the molecule is Cc1cc(Nc2nccn3c(-c4ccc(OC(F)F)cc4)cnc23)ccc1C(=O)N1CCN(C(=O)[C@H]2C[C@@H](N)C2)CC1. The van der Waals surface area contributed by atoms with E-state index in [0.29, 0.717) is 43.2 Å². The van der Waals surface area contributed by atoms with Crippen molar-refractivity contribution in [3.8, 4) is 17.0 Å². The first-order valence-electron chi connectivity index (χ1n) is 13.9. The van der Waals surface area contributed by atoms with Crippen molar-refractivity contribution in [2.24, 2.45) is 11.7 Å². The van der Waals surface area contributed by atoms with E-state index in [-0.39, 0.29) is 29.5 Å². The van der Waals surface area contributed by atoms with Crippen molar-refractivity contribution in [3.63, 3.8) is 0 Å². The number of fused-ring (bicyclic) bond motifs is 1. The Kier molecular flexibility index (Phi) is 7.46. The topological polar surface area (TPSA) is 118 Å². The van der Waals surface area contributed by atoms with E-state index in [2.05, 4.69) is 20.0 Å². The number of benzene rings is 2. The predicted molar refractivity (Wildman–Crippen MR) is 153 cm³/mol. The first-order chi connectivity index (χ1) is 20.3. The number of nitrogens with zero attached hydrogens (tertiary/aromatic N) is 5. The molecule has 42 heavy (non-hydrogen) atoms. The van der Waals surface area contributed by atoms with Crippen molar-refractivity contribution in [3.05, 3.63) is 72.2 Å². The molecule has 1 saturated carbocycles. The Hall–Kier alpha value is -4.58. The summed E-state index contributed by atoms with van der Waals surface area (Å²) in [6.07, 6.45) is 6.60. The monoisotopic (exact) mass is 575 g/mol. The van der Waals surface area contributed by atoms with Crippen LogP contribution in [0.5, 0.6) is 5.75 Å². The van der Waals surface area contributed by atoms with E-state index in [9.17, 15) is 18.4 Å². The van der Waals surface area contributed by atoms with Crippen molar-refractivity contribution >= 4 is 29.0 Å². The van der Waals surface area contributed by atoms with Gasteiger partial charge in [0.1, 0.15) is 5.75 Å². The second kappa shape index (κ2) is 11.4. The molecule has 2 fully saturated rings. The van der Waals surface area contributed by atoms with Crippen LogP contribution in [0.2, 0.25) is 0 Å². The first-order valence-corrected chi connectivity index (χ1v) is 13.9. The number of aromatic nitrogens is 3. The molecule has 0 bridgehead atoms. The van der Waals surface area contributed by atoms with Gasteiger partial charge in [0.05, 0.1) is 11.9 Å². The fraction of sp³-hybridized carbons (Fsp3) is 0.333. The average molecular weight is 576 g/mol. The molecule has 3 N–H and O–H groups in total. The Balaban J connectivity index is 1.13. The number of ether oxygens (including phenoxy) is 1. The zero-order valence-corrected chi connectivity index (χ0v) is 23.0. The number of rotatable bonds is 7. The Labute approximate surface area is 241 Å². The molecule has 0 spiro atoms. The Bertz CT molecular complexity index is 1610. The fourth-order valence-electron chi connectivity index (χ4n) is 5.57. The van der Waals surface area contributed by atoms with E-state index in [1.54, 1.807) is 41.7 Å². The van der Waals surface area contributed by atoms with Gasteiger partial charge in [0, 0.05) is 67.3 Å². The lowest BCUT2D eigenvalue weighted by atomic mass is 9.80. The number of anilines is 2. The summed E-state index contributed by atoms with van der Waals surface area (Å²) in [6.45, 7) is 1.07. The zero-order valence-electron chi connectivity index (χ0n) is 23.0. The van der Waals surface area contributed by atoms with Gasteiger partial charge in [0.2, 0.25) is 5.91 Å². The summed E-state index contributed by atoms with van der Waals surface area (Å²) >= 11 is 0. The minimum absolute atomic E-state index is 0.0279. The maximum Gasteiger partial charge on any atom is 0.387 e. The molecule has 2 aromatic heterocycles. The van der Waals surface area contributed by atoms with E-state index in [1.165, 1.54) is 12.1 Å². The van der Waals surface area contributed by atoms with Crippen molar-refractivity contribution in [1.82, 2.24) is 24.2 Å². The molecule has 0 atom stereocenters. The number of carbonyl (C=O) groups excluding carboxylic acids is 2. The second-order valence-electron chi connectivity index (χ2n) is 10.7. The molecule has 3 heterocycles. The van der Waals surface area contributed by atoms with Crippen LogP contribution >= 0.6 is 0 Å². The number of aryl methyl sites for hydroxylation is 1. The van der Waals surface area contributed by atoms with Gasteiger partial charge in [-0.3, -0.25) is 14.0 Å². The Morgan fingerprint density at radius 1 is 1.02 bits per heavy atom. The van der Waals surface area contributed by atoms with Crippen LogP contribution in [-0.4, -0.2) is 74.8 Å². The lowest BCUT2D eigenvalue weighted by Gasteiger charge is -2.40. The minimum atomic E-state index is -2.88. The van der Waals surface area contributed by atoms with Gasteiger partial charge in [-0.25, -0.2) is 9.97 Å². The maximum absolute atomic E-state index is 13.3. The van der Waals surface area contributed by atoms with E-state index >= 15 is 0 Å². The van der Waals surface area contributed by atoms with E-state index < -0.39 is 6.61 Å². The molecule has 1 aliphatic heterocycles. The molecule has 0 unspecified atom stereocenters. The summed E-state index contributed by atoms with van der Waals surface area (Å²) < 4.78 is 31.3. The van der Waals surface area contributed by atoms with Crippen LogP contribution in [0.3, 0.4) is 0 Å². The van der Waals surface area contributed by atoms with Crippen LogP contribution in [0.4, 0.5) is 20.3 Å². The number of alkyl halides is 2. The molecule has 2 amide bonds. The summed E-state index contributed by atoms with van der Waals surface area (Å²) in [5.74, 6) is 0.727. The van der Waals surface area contributed by atoms with Crippen LogP contribution in [0.15, 0.2) is 61.1 Å². The van der Waals surface area contributed by atoms with Gasteiger partial charge >= 0.3 is 6.61 Å². The number of amides is 2. The van der Waals surface area contributed by atoms with Gasteiger partial charge in [-0.2, -0.15) is 8.78 Å². The highest BCUT2D eigenvalue weighted by molar-refractivity contribution is 5.96. The summed E-state index contributed by atoms with van der Waals surface area (Å²) in [6, 6.07) is 12.0. The number of halogens is 2. The smallest absolute Gasteiger partial charge is 0.387 e. The molecule has 2 aliphatic rings. The maximum atomic E-state index is 13.3. The van der Waals surface area contributed by atoms with Crippen LogP contribution in [0.25, 0.3) is 16.9 Å². The average Bonchev–Trinajstić information content (AvgIpc) is 3.40. The third-order valence-corrected chi connectivity index (χ3v) is 7.93. The summed E-state index contributed by atoms with van der Waals surface area (Å²) in [7, 11) is 0. The second-order valence-corrected chi connectivity index (χ2v) is 10.7. The molecular weight excluding hydrogens is 544 g/mol. The molecule has 1 aliphatic carbocycles. The number of piperazine rings is 1. The van der Waals surface area contributed by atoms with Crippen molar-refractivity contribution in [1.29, 1.82) is 0 Å².